The summed E-state index contributed by atoms with van der Waals surface area (Å²) in [5.74, 6) is 2.54. The number of aryl methyl sites for hydroxylation is 4. The fourth-order valence-electron chi connectivity index (χ4n) is 15.5. The number of nitrogens with zero attached hydrogens (tertiary/aromatic N) is 11. The van der Waals surface area contributed by atoms with Gasteiger partial charge in [-0.25, -0.2) is 24.9 Å². The summed E-state index contributed by atoms with van der Waals surface area (Å²) >= 11 is 0. The predicted octanol–water partition coefficient (Wildman–Crippen LogP) is 25.4. The Bertz CT molecular complexity index is 7080. The first-order valence-electron chi connectivity index (χ1n) is 38.6. The smallest absolute Gasteiger partial charge is 0.164 e. The lowest BCUT2D eigenvalue weighted by atomic mass is 9.95. The van der Waals surface area contributed by atoms with E-state index in [0.29, 0.717) is 23.3 Å². The van der Waals surface area contributed by atoms with Crippen LogP contribution in [0.1, 0.15) is 36.6 Å². The maximum absolute atomic E-state index is 5.22. The van der Waals surface area contributed by atoms with Crippen molar-refractivity contribution >= 4 is 65.2 Å². The van der Waals surface area contributed by atoms with E-state index in [4.69, 9.17) is 44.9 Å². The van der Waals surface area contributed by atoms with Crippen molar-refractivity contribution < 1.29 is 0 Å². The first-order chi connectivity index (χ1) is 56.1. The van der Waals surface area contributed by atoms with Gasteiger partial charge in [-0.05, 0) is 171 Å². The number of benzene rings is 12. The number of fused-ring (bicyclic) bond motifs is 8. The third kappa shape index (κ3) is 13.8. The molecular formula is C103H73N11. The lowest BCUT2D eigenvalue weighted by Gasteiger charge is -2.13. The van der Waals surface area contributed by atoms with Gasteiger partial charge in [0.1, 0.15) is 0 Å². The summed E-state index contributed by atoms with van der Waals surface area (Å²) in [5.41, 5.74) is 28.9. The van der Waals surface area contributed by atoms with Crippen molar-refractivity contribution in [2.24, 2.45) is 0 Å². The second kappa shape index (κ2) is 30.2. The van der Waals surface area contributed by atoms with Crippen molar-refractivity contribution in [2.75, 3.05) is 0 Å². The maximum atomic E-state index is 5.22. The van der Waals surface area contributed by atoms with E-state index in [1.54, 1.807) is 0 Å². The molecule has 12 aromatic carbocycles. The molecule has 0 spiro atoms. The van der Waals surface area contributed by atoms with Gasteiger partial charge in [-0.1, -0.05) is 269 Å². The van der Waals surface area contributed by atoms with E-state index in [0.717, 1.165) is 201 Å². The van der Waals surface area contributed by atoms with Crippen molar-refractivity contribution in [3.05, 3.63) is 369 Å². The van der Waals surface area contributed by atoms with Gasteiger partial charge in [0.15, 0.2) is 23.3 Å². The third-order valence-corrected chi connectivity index (χ3v) is 21.4. The molecule has 8 heterocycles. The Kier molecular flexibility index (Phi) is 18.5. The lowest BCUT2D eigenvalue weighted by molar-refractivity contribution is 1.05. The van der Waals surface area contributed by atoms with Gasteiger partial charge < -0.3 is 0 Å². The summed E-state index contributed by atoms with van der Waals surface area (Å²) in [6.07, 6.45) is 9.24. The molecule has 11 heteroatoms. The SMILES string of the molecule is CCc1ccc2ccc3c(-c4ccc(-c5cccc(-c6nc(-c7ccccc7)nc(-c7cccc(-c8cccc9cnccc89)c7)n6)c5)cc4)cc(CC)nc3c2n1.Cc1ccc2ccc3c(-c4ccc(-c5cccc(-c6nc(-c7ccccc7)cc(-c7cccc(-c8cccc9cnccc89)c7)n6)c5)cc4)cc(C)nc3c2n1. The molecule has 114 heavy (non-hydrogen) atoms. The second-order valence-electron chi connectivity index (χ2n) is 28.8. The molecule has 0 aliphatic rings. The van der Waals surface area contributed by atoms with Gasteiger partial charge in [0.05, 0.1) is 33.5 Å². The number of rotatable bonds is 14. The molecule has 0 aliphatic carbocycles. The fraction of sp³-hybridized carbons (Fsp3) is 0.0583. The minimum Gasteiger partial charge on any atom is -0.264 e. The summed E-state index contributed by atoms with van der Waals surface area (Å²) in [4.78, 5) is 54.1. The molecule has 11 nitrogen and oxygen atoms in total. The number of pyridine rings is 6. The zero-order chi connectivity index (χ0) is 76.6. The molecule has 20 rings (SSSR count). The zero-order valence-corrected chi connectivity index (χ0v) is 63.2. The molecule has 20 aromatic rings. The van der Waals surface area contributed by atoms with Crippen molar-refractivity contribution in [3.8, 4) is 135 Å². The Morgan fingerprint density at radius 2 is 0.614 bits per heavy atom. The molecule has 0 bridgehead atoms. The van der Waals surface area contributed by atoms with E-state index in [1.165, 1.54) is 10.9 Å². The van der Waals surface area contributed by atoms with Gasteiger partial charge in [-0.2, -0.15) is 0 Å². The number of hydrogen-bond acceptors (Lipinski definition) is 11. The lowest BCUT2D eigenvalue weighted by Crippen LogP contribution is -2.00. The van der Waals surface area contributed by atoms with E-state index in [-0.39, 0.29) is 0 Å². The van der Waals surface area contributed by atoms with Crippen LogP contribution in [0.25, 0.3) is 200 Å². The molecule has 0 aliphatic heterocycles. The van der Waals surface area contributed by atoms with Crippen LogP contribution in [0, 0.1) is 13.8 Å². The summed E-state index contributed by atoms with van der Waals surface area (Å²) in [6, 6.07) is 113. The highest BCUT2D eigenvalue weighted by atomic mass is 15.0. The van der Waals surface area contributed by atoms with Crippen LogP contribution in [-0.4, -0.2) is 54.8 Å². The van der Waals surface area contributed by atoms with Gasteiger partial charge >= 0.3 is 0 Å². The molecule has 0 saturated heterocycles. The first kappa shape index (κ1) is 69.6. The summed E-state index contributed by atoms with van der Waals surface area (Å²) in [6.45, 7) is 8.38. The van der Waals surface area contributed by atoms with E-state index >= 15 is 0 Å². The molecule has 8 aromatic heterocycles. The van der Waals surface area contributed by atoms with Gasteiger partial charge in [-0.15, -0.1) is 0 Å². The zero-order valence-electron chi connectivity index (χ0n) is 63.2. The predicted molar refractivity (Wildman–Crippen MR) is 467 cm³/mol. The summed E-state index contributed by atoms with van der Waals surface area (Å²) in [7, 11) is 0. The average Bonchev–Trinajstić information content (AvgIpc) is 0.766. The Balaban J connectivity index is 0.000000153. The van der Waals surface area contributed by atoms with Gasteiger partial charge in [0.25, 0.3) is 0 Å². The van der Waals surface area contributed by atoms with Crippen molar-refractivity contribution in [2.45, 2.75) is 40.5 Å². The van der Waals surface area contributed by atoms with Gasteiger partial charge in [0, 0.05) is 113 Å². The Labute approximate surface area is 660 Å². The fourth-order valence-corrected chi connectivity index (χ4v) is 15.5. The molecule has 0 atom stereocenters. The first-order valence-corrected chi connectivity index (χ1v) is 38.6. The van der Waals surface area contributed by atoms with Crippen LogP contribution < -0.4 is 0 Å². The molecule has 0 saturated carbocycles. The van der Waals surface area contributed by atoms with E-state index < -0.39 is 0 Å². The Morgan fingerprint density at radius 1 is 0.211 bits per heavy atom. The van der Waals surface area contributed by atoms with Crippen LogP contribution in [0.4, 0.5) is 0 Å². The number of aromatic nitrogens is 11. The second-order valence-corrected chi connectivity index (χ2v) is 28.8. The van der Waals surface area contributed by atoms with Crippen molar-refractivity contribution in [1.82, 2.24) is 54.8 Å². The van der Waals surface area contributed by atoms with Gasteiger partial charge in [-0.3, -0.25) is 29.9 Å². The normalized spacial score (nSPS) is 11.4. The molecule has 0 amide bonds. The van der Waals surface area contributed by atoms with Crippen LogP contribution >= 0.6 is 0 Å². The highest BCUT2D eigenvalue weighted by Crippen LogP contribution is 2.40. The summed E-state index contributed by atoms with van der Waals surface area (Å²) in [5, 5.41) is 8.95. The van der Waals surface area contributed by atoms with E-state index in [9.17, 15) is 0 Å². The van der Waals surface area contributed by atoms with Crippen LogP contribution in [0.5, 0.6) is 0 Å². The standard InChI is InChI=1S/C52H38N6.C51H35N5/c1-3-42-25-23-35-24-26-46-47(31-43(4-2)55-49(46)48(35)54-42)34-21-19-33(20-22-34)37-13-8-15-39(29-37)51-56-50(36-11-6-5-7-12-36)57-52(58-51)40-16-9-14-38(30-40)44-18-10-17-41-32-53-28-27-45(41)44;1-32-17-18-37-23-24-45-46(27-33(2)54-50(45)49(37)53-32)35-21-19-34(20-22-35)38-11-6-14-41(28-38)51-55-47(36-9-4-3-5-10-36)30-48(56-51)40-13-7-12-39(29-40)43-16-8-15-42-31-52-26-25-44(42)43/h5-32H,3-4H2,1-2H3;3-31H,1-2H3. The third-order valence-electron chi connectivity index (χ3n) is 21.4. The minimum atomic E-state index is 0.617. The highest BCUT2D eigenvalue weighted by molar-refractivity contribution is 6.10. The molecule has 0 unspecified atom stereocenters. The highest BCUT2D eigenvalue weighted by Gasteiger charge is 2.20. The molecule has 0 radical (unpaired) electrons. The maximum Gasteiger partial charge on any atom is 0.164 e. The van der Waals surface area contributed by atoms with Crippen molar-refractivity contribution in [3.63, 3.8) is 0 Å². The quantitative estimate of drug-likeness (QED) is 0.0960. The van der Waals surface area contributed by atoms with Crippen LogP contribution in [0.15, 0.2) is 346 Å². The van der Waals surface area contributed by atoms with Crippen LogP contribution in [0.3, 0.4) is 0 Å². The average molecular weight is 1460 g/mol. The molecule has 540 valence electrons. The number of hydrogen-bond donors (Lipinski definition) is 0. The van der Waals surface area contributed by atoms with Crippen molar-refractivity contribution in [1.29, 1.82) is 0 Å². The monoisotopic (exact) mass is 1460 g/mol. The van der Waals surface area contributed by atoms with Crippen LogP contribution in [-0.2, 0) is 12.8 Å². The van der Waals surface area contributed by atoms with E-state index in [1.807, 2.05) is 86.3 Å². The molecule has 0 N–H and O–H groups in total. The molecular weight excluding hydrogens is 1390 g/mol. The Hall–Kier alpha value is -14.8. The molecule has 0 fully saturated rings. The van der Waals surface area contributed by atoms with Gasteiger partial charge in [0.2, 0.25) is 0 Å². The van der Waals surface area contributed by atoms with Crippen LogP contribution in [0.2, 0.25) is 0 Å². The van der Waals surface area contributed by atoms with E-state index in [2.05, 4.69) is 298 Å². The largest absolute Gasteiger partial charge is 0.264 e. The minimum absolute atomic E-state index is 0.617. The topological polar surface area (TPSA) is 142 Å². The Morgan fingerprint density at radius 3 is 1.18 bits per heavy atom. The summed E-state index contributed by atoms with van der Waals surface area (Å²) < 4.78 is 0.